The molecule has 3 heteroatoms. The molecule has 96 valence electrons. The third-order valence-corrected chi connectivity index (χ3v) is 2.63. The first-order chi connectivity index (χ1) is 8.24. The first kappa shape index (κ1) is 14.2. The van der Waals surface area contributed by atoms with E-state index in [1.165, 1.54) is 5.56 Å². The van der Waals surface area contributed by atoms with Gasteiger partial charge in [-0.15, -0.1) is 0 Å². The largest absolute Gasteiger partial charge is 0.372 e. The van der Waals surface area contributed by atoms with Crippen molar-refractivity contribution in [3.05, 3.63) is 35.9 Å². The molecule has 1 atom stereocenters. The number of benzene rings is 1. The Morgan fingerprint density at radius 1 is 1.24 bits per heavy atom. The molecule has 0 saturated carbocycles. The van der Waals surface area contributed by atoms with E-state index in [-0.39, 0.29) is 6.10 Å². The summed E-state index contributed by atoms with van der Waals surface area (Å²) >= 11 is 0. The van der Waals surface area contributed by atoms with E-state index in [1.54, 1.807) is 0 Å². The van der Waals surface area contributed by atoms with Gasteiger partial charge in [-0.05, 0) is 39.7 Å². The topological polar surface area (TPSA) is 24.5 Å². The number of hydrogen-bond donors (Lipinski definition) is 1. The Balaban J connectivity index is 2.39. The summed E-state index contributed by atoms with van der Waals surface area (Å²) in [5.41, 5.74) is 1.24. The van der Waals surface area contributed by atoms with Crippen LogP contribution in [-0.4, -0.2) is 45.7 Å². The fraction of sp³-hybridized carbons (Fsp3) is 0.571. The van der Waals surface area contributed by atoms with E-state index in [4.69, 9.17) is 4.74 Å². The summed E-state index contributed by atoms with van der Waals surface area (Å²) < 4.78 is 5.93. The highest BCUT2D eigenvalue weighted by Crippen LogP contribution is 2.16. The van der Waals surface area contributed by atoms with Crippen LogP contribution in [0.15, 0.2) is 30.3 Å². The Morgan fingerprint density at radius 3 is 2.53 bits per heavy atom. The molecular formula is C14H24N2O. The molecule has 0 spiro atoms. The van der Waals surface area contributed by atoms with Crippen molar-refractivity contribution in [2.45, 2.75) is 12.5 Å². The molecule has 3 nitrogen and oxygen atoms in total. The van der Waals surface area contributed by atoms with Gasteiger partial charge in [0.15, 0.2) is 0 Å². The average molecular weight is 236 g/mol. The first-order valence-electron chi connectivity index (χ1n) is 6.20. The minimum absolute atomic E-state index is 0.156. The number of hydrogen-bond acceptors (Lipinski definition) is 3. The van der Waals surface area contributed by atoms with Crippen LogP contribution in [0.25, 0.3) is 0 Å². The zero-order valence-corrected chi connectivity index (χ0v) is 11.1. The monoisotopic (exact) mass is 236 g/mol. The molecule has 1 rings (SSSR count). The van der Waals surface area contributed by atoms with Crippen molar-refractivity contribution < 1.29 is 4.74 Å². The van der Waals surface area contributed by atoms with Crippen LogP contribution in [0.1, 0.15) is 18.1 Å². The van der Waals surface area contributed by atoms with Crippen molar-refractivity contribution in [1.29, 1.82) is 0 Å². The van der Waals surface area contributed by atoms with Crippen molar-refractivity contribution >= 4 is 0 Å². The van der Waals surface area contributed by atoms with Crippen molar-refractivity contribution in [3.63, 3.8) is 0 Å². The molecule has 1 unspecified atom stereocenters. The van der Waals surface area contributed by atoms with Gasteiger partial charge in [-0.2, -0.15) is 0 Å². The van der Waals surface area contributed by atoms with Crippen LogP contribution in [-0.2, 0) is 4.74 Å². The molecule has 0 aliphatic carbocycles. The second kappa shape index (κ2) is 8.23. The molecule has 0 saturated heterocycles. The third kappa shape index (κ3) is 5.82. The Labute approximate surface area is 105 Å². The molecule has 1 N–H and O–H groups in total. The van der Waals surface area contributed by atoms with Gasteiger partial charge in [0.25, 0.3) is 0 Å². The van der Waals surface area contributed by atoms with Gasteiger partial charge in [-0.25, -0.2) is 0 Å². The van der Waals surface area contributed by atoms with Gasteiger partial charge in [0, 0.05) is 13.2 Å². The van der Waals surface area contributed by atoms with Gasteiger partial charge in [0.05, 0.1) is 6.10 Å². The molecule has 0 heterocycles. The number of likely N-dealkylation sites (N-methyl/N-ethyl adjacent to an activating group) is 1. The van der Waals surface area contributed by atoms with Crippen LogP contribution in [0, 0.1) is 0 Å². The lowest BCUT2D eigenvalue weighted by atomic mass is 10.1. The molecular weight excluding hydrogens is 212 g/mol. The Morgan fingerprint density at radius 2 is 1.94 bits per heavy atom. The second-order valence-electron chi connectivity index (χ2n) is 4.48. The number of nitrogens with zero attached hydrogens (tertiary/aromatic N) is 1. The summed E-state index contributed by atoms with van der Waals surface area (Å²) in [7, 11) is 6.13. The predicted molar refractivity (Wildman–Crippen MR) is 72.2 cm³/mol. The molecule has 0 bridgehead atoms. The lowest BCUT2D eigenvalue weighted by Gasteiger charge is -2.18. The van der Waals surface area contributed by atoms with Gasteiger partial charge in [0.1, 0.15) is 0 Å². The maximum atomic E-state index is 5.93. The summed E-state index contributed by atoms with van der Waals surface area (Å²) in [5, 5.41) is 3.18. The minimum Gasteiger partial charge on any atom is -0.372 e. The summed E-state index contributed by atoms with van der Waals surface area (Å²) in [6, 6.07) is 10.4. The van der Waals surface area contributed by atoms with E-state index in [0.717, 1.165) is 26.1 Å². The van der Waals surface area contributed by atoms with Gasteiger partial charge < -0.3 is 15.0 Å². The van der Waals surface area contributed by atoms with Gasteiger partial charge in [0.2, 0.25) is 0 Å². The van der Waals surface area contributed by atoms with Crippen molar-refractivity contribution in [2.75, 3.05) is 40.8 Å². The molecule has 1 aromatic carbocycles. The fourth-order valence-electron chi connectivity index (χ4n) is 1.73. The maximum Gasteiger partial charge on any atom is 0.0949 e. The minimum atomic E-state index is 0.156. The predicted octanol–water partition coefficient (Wildman–Crippen LogP) is 1.92. The quantitative estimate of drug-likeness (QED) is 0.698. The summed E-state index contributed by atoms with van der Waals surface area (Å²) in [6.45, 7) is 2.73. The molecule has 1 aromatic rings. The first-order valence-corrected chi connectivity index (χ1v) is 6.20. The summed E-state index contributed by atoms with van der Waals surface area (Å²) in [5.74, 6) is 0. The van der Waals surface area contributed by atoms with Crippen LogP contribution in [0.4, 0.5) is 0 Å². The van der Waals surface area contributed by atoms with Crippen LogP contribution >= 0.6 is 0 Å². The van der Waals surface area contributed by atoms with Gasteiger partial charge in [-0.1, -0.05) is 30.3 Å². The van der Waals surface area contributed by atoms with E-state index in [2.05, 4.69) is 48.6 Å². The third-order valence-electron chi connectivity index (χ3n) is 2.63. The molecule has 0 aromatic heterocycles. The van der Waals surface area contributed by atoms with Crippen molar-refractivity contribution in [1.82, 2.24) is 10.2 Å². The maximum absolute atomic E-state index is 5.93. The fourth-order valence-corrected chi connectivity index (χ4v) is 1.73. The van der Waals surface area contributed by atoms with Crippen LogP contribution in [0.2, 0.25) is 0 Å². The number of rotatable bonds is 8. The number of nitrogens with one attached hydrogen (secondary N) is 1. The molecule has 0 aliphatic rings. The van der Waals surface area contributed by atoms with Gasteiger partial charge >= 0.3 is 0 Å². The highest BCUT2D eigenvalue weighted by atomic mass is 16.5. The molecule has 17 heavy (non-hydrogen) atoms. The van der Waals surface area contributed by atoms with Crippen LogP contribution in [0.5, 0.6) is 0 Å². The second-order valence-corrected chi connectivity index (χ2v) is 4.48. The van der Waals surface area contributed by atoms with Gasteiger partial charge in [-0.3, -0.25) is 0 Å². The molecule has 0 radical (unpaired) electrons. The standard InChI is InChI=1S/C14H24N2O/c1-15-12-14(13-8-5-4-6-9-13)17-11-7-10-16(2)3/h4-6,8-9,14-15H,7,10-12H2,1-3H3. The highest BCUT2D eigenvalue weighted by molar-refractivity contribution is 5.17. The summed E-state index contributed by atoms with van der Waals surface area (Å²) in [4.78, 5) is 2.18. The smallest absolute Gasteiger partial charge is 0.0949 e. The zero-order valence-electron chi connectivity index (χ0n) is 11.1. The van der Waals surface area contributed by atoms with Crippen molar-refractivity contribution in [2.24, 2.45) is 0 Å². The Kier molecular flexibility index (Phi) is 6.86. The molecule has 0 amide bonds. The lowest BCUT2D eigenvalue weighted by molar-refractivity contribution is 0.0493. The molecule has 0 fully saturated rings. The van der Waals surface area contributed by atoms with E-state index < -0.39 is 0 Å². The zero-order chi connectivity index (χ0) is 12.5. The van der Waals surface area contributed by atoms with Crippen LogP contribution in [0.3, 0.4) is 0 Å². The SMILES string of the molecule is CNCC(OCCCN(C)C)c1ccccc1. The number of ether oxygens (including phenoxy) is 1. The van der Waals surface area contributed by atoms with E-state index in [0.29, 0.717) is 0 Å². The van der Waals surface area contributed by atoms with Crippen LogP contribution < -0.4 is 5.32 Å². The molecule has 0 aliphatic heterocycles. The highest BCUT2D eigenvalue weighted by Gasteiger charge is 2.10. The Bertz CT molecular complexity index is 288. The van der Waals surface area contributed by atoms with E-state index >= 15 is 0 Å². The average Bonchev–Trinajstić information content (AvgIpc) is 2.34. The van der Waals surface area contributed by atoms with E-state index in [1.807, 2.05) is 13.1 Å². The van der Waals surface area contributed by atoms with E-state index in [9.17, 15) is 0 Å². The Hall–Kier alpha value is -0.900. The normalized spacial score (nSPS) is 12.9. The van der Waals surface area contributed by atoms with Crippen molar-refractivity contribution in [3.8, 4) is 0 Å². The summed E-state index contributed by atoms with van der Waals surface area (Å²) in [6.07, 6.45) is 1.23. The lowest BCUT2D eigenvalue weighted by Crippen LogP contribution is -2.21.